The van der Waals surface area contributed by atoms with Gasteiger partial charge in [0.25, 0.3) is 0 Å². The van der Waals surface area contributed by atoms with Gasteiger partial charge in [-0.1, -0.05) is 11.6 Å². The van der Waals surface area contributed by atoms with E-state index in [2.05, 4.69) is 0 Å². The van der Waals surface area contributed by atoms with E-state index < -0.39 is 0 Å². The van der Waals surface area contributed by atoms with Crippen molar-refractivity contribution in [3.63, 3.8) is 0 Å². The molecule has 114 valence electrons. The van der Waals surface area contributed by atoms with Gasteiger partial charge in [-0.25, -0.2) is 0 Å². The summed E-state index contributed by atoms with van der Waals surface area (Å²) in [4.78, 5) is 23.5. The molecule has 0 amide bonds. The normalized spacial score (nSPS) is 18.2. The molecular weight excluding hydrogens is 292 g/mol. The Morgan fingerprint density at radius 1 is 1.19 bits per heavy atom. The monoisotopic (exact) mass is 310 g/mol. The molecule has 1 saturated heterocycles. The third kappa shape index (κ3) is 5.48. The van der Waals surface area contributed by atoms with Crippen LogP contribution in [0.15, 0.2) is 24.3 Å². The first kappa shape index (κ1) is 16.0. The topological polar surface area (TPSA) is 52.6 Å². The summed E-state index contributed by atoms with van der Waals surface area (Å²) >= 11 is 5.76. The van der Waals surface area contributed by atoms with E-state index in [4.69, 9.17) is 21.1 Å². The smallest absolute Gasteiger partial charge is 0.306 e. The van der Waals surface area contributed by atoms with Crippen molar-refractivity contribution in [1.29, 1.82) is 0 Å². The molecule has 1 atom stereocenters. The lowest BCUT2D eigenvalue weighted by Gasteiger charge is -2.22. The molecule has 0 spiro atoms. The maximum absolute atomic E-state index is 11.9. The van der Waals surface area contributed by atoms with Gasteiger partial charge >= 0.3 is 5.97 Å². The van der Waals surface area contributed by atoms with Crippen LogP contribution >= 0.6 is 11.6 Å². The van der Waals surface area contributed by atoms with E-state index in [0.717, 1.165) is 25.9 Å². The number of esters is 1. The van der Waals surface area contributed by atoms with Gasteiger partial charge in [-0.05, 0) is 43.5 Å². The van der Waals surface area contributed by atoms with Gasteiger partial charge < -0.3 is 9.47 Å². The average molecular weight is 311 g/mol. The summed E-state index contributed by atoms with van der Waals surface area (Å²) in [6.45, 7) is 1.02. The third-order valence-corrected chi connectivity index (χ3v) is 3.68. The van der Waals surface area contributed by atoms with Crippen LogP contribution < -0.4 is 0 Å². The third-order valence-electron chi connectivity index (χ3n) is 3.43. The fraction of sp³-hybridized carbons (Fsp3) is 0.500. The molecular formula is C16H19ClO4. The van der Waals surface area contributed by atoms with Crippen LogP contribution in [-0.2, 0) is 14.3 Å². The molecule has 1 aromatic carbocycles. The Bertz CT molecular complexity index is 478. The van der Waals surface area contributed by atoms with Crippen LogP contribution in [0, 0.1) is 0 Å². The number of halogens is 1. The zero-order chi connectivity index (χ0) is 15.1. The van der Waals surface area contributed by atoms with Crippen LogP contribution in [0.4, 0.5) is 0 Å². The molecule has 0 N–H and O–H groups in total. The highest BCUT2D eigenvalue weighted by atomic mass is 35.5. The summed E-state index contributed by atoms with van der Waals surface area (Å²) in [6.07, 6.45) is 3.35. The molecule has 4 nitrogen and oxygen atoms in total. The molecule has 5 heteroatoms. The minimum absolute atomic E-state index is 0.00895. The molecule has 0 bridgehead atoms. The van der Waals surface area contributed by atoms with E-state index in [1.807, 2.05) is 0 Å². The van der Waals surface area contributed by atoms with Gasteiger partial charge in [-0.15, -0.1) is 0 Å². The number of rotatable bonds is 6. The quantitative estimate of drug-likeness (QED) is 0.597. The highest BCUT2D eigenvalue weighted by Crippen LogP contribution is 2.14. The number of ether oxygens (including phenoxy) is 2. The largest absolute Gasteiger partial charge is 0.463 e. The number of carbonyl (C=O) groups excluding carboxylic acids is 2. The van der Waals surface area contributed by atoms with Gasteiger partial charge in [0.15, 0.2) is 5.78 Å². The zero-order valence-corrected chi connectivity index (χ0v) is 12.6. The van der Waals surface area contributed by atoms with Crippen molar-refractivity contribution in [2.75, 3.05) is 13.2 Å². The predicted molar refractivity (Wildman–Crippen MR) is 79.6 cm³/mol. The first-order valence-corrected chi connectivity index (χ1v) is 7.59. The number of benzene rings is 1. The molecule has 1 aliphatic rings. The first-order chi connectivity index (χ1) is 10.1. The summed E-state index contributed by atoms with van der Waals surface area (Å²) in [5.74, 6) is -0.441. The van der Waals surface area contributed by atoms with Crippen LogP contribution in [0.3, 0.4) is 0 Å². The predicted octanol–water partition coefficient (Wildman–Crippen LogP) is 3.42. The van der Waals surface area contributed by atoms with Crippen LogP contribution in [0.25, 0.3) is 0 Å². The van der Waals surface area contributed by atoms with E-state index in [1.165, 1.54) is 0 Å². The lowest BCUT2D eigenvalue weighted by molar-refractivity contribution is -0.149. The summed E-state index contributed by atoms with van der Waals surface area (Å²) in [5, 5.41) is 0.582. The summed E-state index contributed by atoms with van der Waals surface area (Å²) in [5.41, 5.74) is 0.558. The summed E-state index contributed by atoms with van der Waals surface area (Å²) in [7, 11) is 0. The molecule has 0 aliphatic carbocycles. The minimum Gasteiger partial charge on any atom is -0.463 e. The fourth-order valence-corrected chi connectivity index (χ4v) is 2.32. The maximum atomic E-state index is 11.9. The van der Waals surface area contributed by atoms with Gasteiger partial charge in [0.2, 0.25) is 0 Å². The molecule has 1 heterocycles. The molecule has 21 heavy (non-hydrogen) atoms. The van der Waals surface area contributed by atoms with Gasteiger partial charge in [0, 0.05) is 23.6 Å². The molecule has 0 saturated carbocycles. The van der Waals surface area contributed by atoms with E-state index in [-0.39, 0.29) is 37.3 Å². The fourth-order valence-electron chi connectivity index (χ4n) is 2.19. The van der Waals surface area contributed by atoms with E-state index in [1.54, 1.807) is 24.3 Å². The summed E-state index contributed by atoms with van der Waals surface area (Å²) in [6, 6.07) is 6.64. The second kappa shape index (κ2) is 8.15. The Kier molecular flexibility index (Phi) is 6.21. The molecule has 1 unspecified atom stereocenters. The lowest BCUT2D eigenvalue weighted by atomic mass is 10.1. The van der Waals surface area contributed by atoms with Crippen molar-refractivity contribution in [1.82, 2.24) is 0 Å². The first-order valence-electron chi connectivity index (χ1n) is 7.21. The lowest BCUT2D eigenvalue weighted by Crippen LogP contribution is -2.26. The highest BCUT2D eigenvalue weighted by molar-refractivity contribution is 6.30. The van der Waals surface area contributed by atoms with Crippen molar-refractivity contribution >= 4 is 23.4 Å². The van der Waals surface area contributed by atoms with Gasteiger partial charge in [-0.3, -0.25) is 9.59 Å². The molecule has 0 aromatic heterocycles. The Labute approximate surface area is 129 Å². The van der Waals surface area contributed by atoms with Crippen molar-refractivity contribution < 1.29 is 19.1 Å². The second-order valence-corrected chi connectivity index (χ2v) is 5.54. The number of Topliss-reactive ketones (excluding diaryl/α,β-unsaturated/α-hetero) is 1. The van der Waals surface area contributed by atoms with E-state index in [0.29, 0.717) is 10.6 Å². The van der Waals surface area contributed by atoms with Crippen LogP contribution in [0.2, 0.25) is 5.02 Å². The molecule has 1 aromatic rings. The highest BCUT2D eigenvalue weighted by Gasteiger charge is 2.16. The van der Waals surface area contributed by atoms with E-state index >= 15 is 0 Å². The number of carbonyl (C=O) groups is 2. The Balaban J connectivity index is 1.68. The second-order valence-electron chi connectivity index (χ2n) is 5.10. The van der Waals surface area contributed by atoms with Crippen LogP contribution in [0.1, 0.15) is 42.5 Å². The SMILES string of the molecule is O=C(CCC(=O)c1ccc(Cl)cc1)OCC1CCCCO1. The van der Waals surface area contributed by atoms with Gasteiger partial charge in [0.05, 0.1) is 12.5 Å². The maximum Gasteiger partial charge on any atom is 0.306 e. The van der Waals surface area contributed by atoms with Crippen molar-refractivity contribution in [3.8, 4) is 0 Å². The molecule has 0 radical (unpaired) electrons. The summed E-state index contributed by atoms with van der Waals surface area (Å²) < 4.78 is 10.6. The Morgan fingerprint density at radius 2 is 1.95 bits per heavy atom. The number of hydrogen-bond donors (Lipinski definition) is 0. The zero-order valence-electron chi connectivity index (χ0n) is 11.8. The van der Waals surface area contributed by atoms with E-state index in [9.17, 15) is 9.59 Å². The number of hydrogen-bond acceptors (Lipinski definition) is 4. The number of ketones is 1. The Morgan fingerprint density at radius 3 is 2.62 bits per heavy atom. The van der Waals surface area contributed by atoms with Crippen LogP contribution in [-0.4, -0.2) is 31.1 Å². The average Bonchev–Trinajstić information content (AvgIpc) is 2.52. The van der Waals surface area contributed by atoms with Gasteiger partial charge in [-0.2, -0.15) is 0 Å². The van der Waals surface area contributed by atoms with Crippen molar-refractivity contribution in [2.45, 2.75) is 38.2 Å². The molecule has 1 aliphatic heterocycles. The van der Waals surface area contributed by atoms with Gasteiger partial charge in [0.1, 0.15) is 6.61 Å². The Hall–Kier alpha value is -1.39. The van der Waals surface area contributed by atoms with Crippen molar-refractivity contribution in [3.05, 3.63) is 34.9 Å². The minimum atomic E-state index is -0.355. The molecule has 2 rings (SSSR count). The van der Waals surface area contributed by atoms with Crippen LogP contribution in [0.5, 0.6) is 0 Å². The van der Waals surface area contributed by atoms with Crippen molar-refractivity contribution in [2.24, 2.45) is 0 Å². The molecule has 1 fully saturated rings. The standard InChI is InChI=1S/C16H19ClO4/c17-13-6-4-12(5-7-13)15(18)8-9-16(19)21-11-14-3-1-2-10-20-14/h4-7,14H,1-3,8-11H2.